The summed E-state index contributed by atoms with van der Waals surface area (Å²) in [6, 6.07) is 6.80. The lowest BCUT2D eigenvalue weighted by Crippen LogP contribution is -2.19. The molecule has 0 saturated carbocycles. The summed E-state index contributed by atoms with van der Waals surface area (Å²) in [5.74, 6) is -0.201. The van der Waals surface area contributed by atoms with Crippen molar-refractivity contribution in [3.63, 3.8) is 0 Å². The molecule has 2 heterocycles. The Labute approximate surface area is 127 Å². The fraction of sp³-hybridized carbons (Fsp3) is 0.312. The zero-order chi connectivity index (χ0) is 15.0. The molecule has 0 spiro atoms. The molecule has 3 rings (SSSR count). The van der Waals surface area contributed by atoms with Gasteiger partial charge in [-0.15, -0.1) is 11.3 Å². The second kappa shape index (κ2) is 5.58. The van der Waals surface area contributed by atoms with E-state index in [2.05, 4.69) is 33.9 Å². The molecule has 5 heteroatoms. The van der Waals surface area contributed by atoms with Gasteiger partial charge in [0.2, 0.25) is 0 Å². The minimum Gasteiger partial charge on any atom is -0.305 e. The molecule has 0 radical (unpaired) electrons. The number of hydrogen-bond donors (Lipinski definition) is 1. The quantitative estimate of drug-likeness (QED) is 0.789. The first kappa shape index (κ1) is 14.2. The van der Waals surface area contributed by atoms with Gasteiger partial charge in [-0.1, -0.05) is 12.1 Å². The summed E-state index contributed by atoms with van der Waals surface area (Å²) in [5, 5.41) is 5.61. The average molecular weight is 303 g/mol. The van der Waals surface area contributed by atoms with E-state index in [1.54, 1.807) is 11.3 Å². The first-order valence-corrected chi connectivity index (χ1v) is 7.85. The van der Waals surface area contributed by atoms with Crippen LogP contribution in [-0.4, -0.2) is 9.38 Å². The molecule has 21 heavy (non-hydrogen) atoms. The summed E-state index contributed by atoms with van der Waals surface area (Å²) in [7, 11) is 0. The number of nitrogens with one attached hydrogen (secondary N) is 1. The van der Waals surface area contributed by atoms with Gasteiger partial charge in [-0.2, -0.15) is 0 Å². The molecule has 0 aliphatic carbocycles. The van der Waals surface area contributed by atoms with Crippen LogP contribution in [0.5, 0.6) is 0 Å². The van der Waals surface area contributed by atoms with Crippen LogP contribution in [0, 0.1) is 19.7 Å². The topological polar surface area (TPSA) is 29.3 Å². The van der Waals surface area contributed by atoms with Crippen LogP contribution in [0.4, 0.5) is 4.39 Å². The molecule has 0 aliphatic rings. The number of halogens is 1. The highest BCUT2D eigenvalue weighted by Gasteiger charge is 2.13. The molecule has 0 saturated heterocycles. The highest BCUT2D eigenvalue weighted by molar-refractivity contribution is 7.15. The molecular formula is C16H18FN3S. The Morgan fingerprint density at radius 1 is 1.29 bits per heavy atom. The van der Waals surface area contributed by atoms with Crippen molar-refractivity contribution >= 4 is 16.3 Å². The van der Waals surface area contributed by atoms with Crippen molar-refractivity contribution in [2.45, 2.75) is 33.4 Å². The maximum Gasteiger partial charge on any atom is 0.194 e. The third kappa shape index (κ3) is 2.71. The molecule has 0 amide bonds. The van der Waals surface area contributed by atoms with E-state index in [-0.39, 0.29) is 11.9 Å². The van der Waals surface area contributed by atoms with Gasteiger partial charge < -0.3 is 5.32 Å². The van der Waals surface area contributed by atoms with Crippen molar-refractivity contribution in [1.82, 2.24) is 14.7 Å². The number of imidazole rings is 1. The number of thiazole rings is 1. The molecule has 3 aromatic rings. The standard InChI is InChI=1S/C16H18FN3S/c1-10-9-21-16-19-12(3)15(20(10)16)8-18-11(2)13-4-6-14(17)7-5-13/h4-7,9,11,18H,8H2,1-3H3/t11-/m0/s1. The molecule has 110 valence electrons. The number of hydrogen-bond acceptors (Lipinski definition) is 3. The van der Waals surface area contributed by atoms with E-state index >= 15 is 0 Å². The predicted octanol–water partition coefficient (Wildman–Crippen LogP) is 4.00. The number of rotatable bonds is 4. The van der Waals surface area contributed by atoms with Gasteiger partial charge in [0, 0.05) is 23.7 Å². The summed E-state index contributed by atoms with van der Waals surface area (Å²) in [6.45, 7) is 6.96. The summed E-state index contributed by atoms with van der Waals surface area (Å²) < 4.78 is 15.2. The van der Waals surface area contributed by atoms with Crippen LogP contribution in [0.2, 0.25) is 0 Å². The highest BCUT2D eigenvalue weighted by atomic mass is 32.1. The van der Waals surface area contributed by atoms with E-state index in [0.717, 1.165) is 22.8 Å². The van der Waals surface area contributed by atoms with Gasteiger partial charge in [0.15, 0.2) is 4.96 Å². The Morgan fingerprint density at radius 2 is 2.00 bits per heavy atom. The molecule has 1 N–H and O–H groups in total. The van der Waals surface area contributed by atoms with E-state index < -0.39 is 0 Å². The lowest BCUT2D eigenvalue weighted by molar-refractivity contribution is 0.561. The minimum absolute atomic E-state index is 0.162. The maximum atomic E-state index is 13.0. The van der Waals surface area contributed by atoms with Crippen molar-refractivity contribution in [2.75, 3.05) is 0 Å². The van der Waals surface area contributed by atoms with E-state index in [9.17, 15) is 4.39 Å². The van der Waals surface area contributed by atoms with E-state index in [0.29, 0.717) is 0 Å². The fourth-order valence-corrected chi connectivity index (χ4v) is 3.43. The van der Waals surface area contributed by atoms with Gasteiger partial charge in [0.05, 0.1) is 11.4 Å². The number of nitrogens with zero attached hydrogens (tertiary/aromatic N) is 2. The zero-order valence-corrected chi connectivity index (χ0v) is 13.2. The van der Waals surface area contributed by atoms with E-state index in [1.165, 1.54) is 23.5 Å². The molecule has 1 atom stereocenters. The number of benzene rings is 1. The number of aromatic nitrogens is 2. The van der Waals surface area contributed by atoms with Crippen LogP contribution in [-0.2, 0) is 6.54 Å². The molecule has 0 bridgehead atoms. The molecule has 0 aliphatic heterocycles. The Kier molecular flexibility index (Phi) is 3.78. The van der Waals surface area contributed by atoms with Crippen LogP contribution >= 0.6 is 11.3 Å². The van der Waals surface area contributed by atoms with Crippen molar-refractivity contribution in [3.05, 3.63) is 58.1 Å². The second-order valence-corrected chi connectivity index (χ2v) is 6.13. The van der Waals surface area contributed by atoms with Gasteiger partial charge in [0.1, 0.15) is 5.82 Å². The smallest absolute Gasteiger partial charge is 0.194 e. The molecule has 3 nitrogen and oxygen atoms in total. The predicted molar refractivity (Wildman–Crippen MR) is 84.2 cm³/mol. The average Bonchev–Trinajstić information content (AvgIpc) is 2.97. The first-order chi connectivity index (χ1) is 10.1. The summed E-state index contributed by atoms with van der Waals surface area (Å²) in [6.07, 6.45) is 0. The molecule has 0 fully saturated rings. The van der Waals surface area contributed by atoms with Crippen molar-refractivity contribution in [1.29, 1.82) is 0 Å². The summed E-state index contributed by atoms with van der Waals surface area (Å²) in [4.78, 5) is 5.63. The molecule has 2 aromatic heterocycles. The third-order valence-corrected chi connectivity index (χ3v) is 4.72. The van der Waals surface area contributed by atoms with Gasteiger partial charge >= 0.3 is 0 Å². The molecular weight excluding hydrogens is 285 g/mol. The van der Waals surface area contributed by atoms with Crippen molar-refractivity contribution in [3.8, 4) is 0 Å². The van der Waals surface area contributed by atoms with Crippen molar-refractivity contribution in [2.24, 2.45) is 0 Å². The Hall–Kier alpha value is -1.72. The Balaban J connectivity index is 1.78. The van der Waals surface area contributed by atoms with E-state index in [1.807, 2.05) is 19.1 Å². The second-order valence-electron chi connectivity index (χ2n) is 5.29. The minimum atomic E-state index is -0.201. The van der Waals surface area contributed by atoms with Crippen LogP contribution in [0.1, 0.15) is 35.6 Å². The van der Waals surface area contributed by atoms with Crippen LogP contribution in [0.25, 0.3) is 4.96 Å². The SMILES string of the molecule is Cc1nc2scc(C)n2c1CN[C@@H](C)c1ccc(F)cc1. The lowest BCUT2D eigenvalue weighted by Gasteiger charge is -2.14. The zero-order valence-electron chi connectivity index (χ0n) is 12.4. The van der Waals surface area contributed by atoms with Crippen LogP contribution in [0.3, 0.4) is 0 Å². The van der Waals surface area contributed by atoms with Gasteiger partial charge in [-0.3, -0.25) is 4.40 Å². The number of aryl methyl sites for hydroxylation is 2. The van der Waals surface area contributed by atoms with E-state index in [4.69, 9.17) is 0 Å². The fourth-order valence-electron chi connectivity index (χ4n) is 2.49. The van der Waals surface area contributed by atoms with Gasteiger partial charge in [0.25, 0.3) is 0 Å². The Morgan fingerprint density at radius 3 is 2.71 bits per heavy atom. The first-order valence-electron chi connectivity index (χ1n) is 6.97. The highest BCUT2D eigenvalue weighted by Crippen LogP contribution is 2.21. The largest absolute Gasteiger partial charge is 0.305 e. The van der Waals surface area contributed by atoms with Crippen LogP contribution in [0.15, 0.2) is 29.6 Å². The maximum absolute atomic E-state index is 13.0. The summed E-state index contributed by atoms with van der Waals surface area (Å²) in [5.41, 5.74) is 4.54. The molecule has 1 aromatic carbocycles. The third-order valence-electron chi connectivity index (χ3n) is 3.78. The van der Waals surface area contributed by atoms with Crippen molar-refractivity contribution < 1.29 is 4.39 Å². The monoisotopic (exact) mass is 303 g/mol. The van der Waals surface area contributed by atoms with Crippen LogP contribution < -0.4 is 5.32 Å². The van der Waals surface area contributed by atoms with Gasteiger partial charge in [-0.25, -0.2) is 9.37 Å². The molecule has 0 unspecified atom stereocenters. The lowest BCUT2D eigenvalue weighted by atomic mass is 10.1. The van der Waals surface area contributed by atoms with Gasteiger partial charge in [-0.05, 0) is 38.5 Å². The normalized spacial score (nSPS) is 13.0. The Bertz CT molecular complexity index is 758. The summed E-state index contributed by atoms with van der Waals surface area (Å²) >= 11 is 1.66. The number of fused-ring (bicyclic) bond motifs is 1.